The Hall–Kier alpha value is -4.07. The number of nitrogens with zero attached hydrogens (tertiary/aromatic N) is 3. The molecule has 0 aliphatic rings. The Balaban J connectivity index is 1.29. The smallest absolute Gasteiger partial charge is 0.246 e. The number of amides is 2. The summed E-state index contributed by atoms with van der Waals surface area (Å²) in [5, 5.41) is 11.9. The summed E-state index contributed by atoms with van der Waals surface area (Å²) in [6.07, 6.45) is 12.4. The zero-order valence-electron chi connectivity index (χ0n) is 30.4. The highest BCUT2D eigenvalue weighted by molar-refractivity contribution is 5.75. The highest BCUT2D eigenvalue weighted by atomic mass is 16.7. The second-order valence-corrected chi connectivity index (χ2v) is 12.8. The lowest BCUT2D eigenvalue weighted by Gasteiger charge is -2.22. The fourth-order valence-electron chi connectivity index (χ4n) is 5.53. The van der Waals surface area contributed by atoms with Crippen molar-refractivity contribution in [1.29, 1.82) is 5.26 Å². The van der Waals surface area contributed by atoms with Gasteiger partial charge in [0.1, 0.15) is 13.2 Å². The van der Waals surface area contributed by atoms with Gasteiger partial charge in [0.25, 0.3) is 0 Å². The van der Waals surface area contributed by atoms with Gasteiger partial charge in [-0.1, -0.05) is 130 Å². The van der Waals surface area contributed by atoms with Crippen molar-refractivity contribution >= 4 is 11.8 Å². The van der Waals surface area contributed by atoms with Gasteiger partial charge in [-0.2, -0.15) is 5.26 Å². The Morgan fingerprint density at radius 3 is 1.43 bits per heavy atom. The van der Waals surface area contributed by atoms with Crippen molar-refractivity contribution in [3.63, 3.8) is 0 Å². The van der Waals surface area contributed by atoms with Crippen LogP contribution in [0, 0.1) is 11.3 Å². The van der Waals surface area contributed by atoms with Gasteiger partial charge in [0.2, 0.25) is 11.8 Å². The Kier molecular flexibility index (Phi) is 22.4. The number of carbonyl (C=O) groups excluding carboxylic acids is 2. The lowest BCUT2D eigenvalue weighted by Crippen LogP contribution is -2.32. The number of nitriles is 1. The van der Waals surface area contributed by atoms with E-state index in [9.17, 15) is 9.59 Å². The third-order valence-corrected chi connectivity index (χ3v) is 8.52. The molecule has 0 radical (unpaired) electrons. The van der Waals surface area contributed by atoms with Crippen LogP contribution in [0.15, 0.2) is 91.0 Å². The van der Waals surface area contributed by atoms with Gasteiger partial charge >= 0.3 is 0 Å². The molecule has 0 bridgehead atoms. The minimum Gasteiger partial charge on any atom is -0.297 e. The molecule has 9 heteroatoms. The van der Waals surface area contributed by atoms with Crippen molar-refractivity contribution in [3.8, 4) is 6.07 Å². The van der Waals surface area contributed by atoms with Crippen molar-refractivity contribution in [2.24, 2.45) is 0 Å². The van der Waals surface area contributed by atoms with Crippen molar-refractivity contribution in [1.82, 2.24) is 15.6 Å². The van der Waals surface area contributed by atoms with Crippen LogP contribution in [0.1, 0.15) is 113 Å². The van der Waals surface area contributed by atoms with E-state index < -0.39 is 0 Å². The summed E-state index contributed by atoms with van der Waals surface area (Å²) >= 11 is 0. The lowest BCUT2D eigenvalue weighted by atomic mass is 10.1. The molecule has 1 N–H and O–H groups in total. The minimum atomic E-state index is -0.0153. The molecule has 9 nitrogen and oxygen atoms in total. The van der Waals surface area contributed by atoms with Crippen LogP contribution in [0.5, 0.6) is 0 Å². The van der Waals surface area contributed by atoms with Crippen molar-refractivity contribution in [3.05, 3.63) is 108 Å². The van der Waals surface area contributed by atoms with E-state index in [1.165, 1.54) is 5.06 Å². The van der Waals surface area contributed by atoms with Crippen LogP contribution in [0.4, 0.5) is 0 Å². The molecular formula is C42H58N4O5. The average Bonchev–Trinajstić information content (AvgIpc) is 3.17. The van der Waals surface area contributed by atoms with Crippen LogP contribution in [-0.2, 0) is 43.9 Å². The largest absolute Gasteiger partial charge is 0.297 e. The molecule has 3 aromatic carbocycles. The van der Waals surface area contributed by atoms with Crippen LogP contribution < -0.4 is 5.48 Å². The molecule has 0 saturated heterocycles. The zero-order chi connectivity index (χ0) is 36.0. The molecule has 0 atom stereocenters. The standard InChI is InChI=1S/C42H58N4O5/c43-31-19-10-22-34-46(51-37-40-27-15-9-16-28-40)42(48)30-18-4-2-6-21-33-45(50-36-39-25-13-8-14-26-39)41(47)29-17-3-1-5-20-32-44-49-35-38-23-11-7-12-24-38/h7-9,11-16,23-28,44H,1-6,10,17-22,29-30,32-37H2. The fraction of sp³-hybridized carbons (Fsp3) is 0.500. The number of carbonyl (C=O) groups is 2. The summed E-state index contributed by atoms with van der Waals surface area (Å²) < 4.78 is 0. The maximum Gasteiger partial charge on any atom is 0.246 e. The van der Waals surface area contributed by atoms with E-state index in [1.807, 2.05) is 91.0 Å². The lowest BCUT2D eigenvalue weighted by molar-refractivity contribution is -0.192. The molecule has 2 amide bonds. The molecule has 276 valence electrons. The first-order valence-electron chi connectivity index (χ1n) is 18.9. The number of unbranched alkanes of at least 4 members (excludes halogenated alkanes) is 10. The van der Waals surface area contributed by atoms with Crippen molar-refractivity contribution in [2.45, 2.75) is 116 Å². The third kappa shape index (κ3) is 19.8. The second kappa shape index (κ2) is 27.6. The molecule has 0 fully saturated rings. The van der Waals surface area contributed by atoms with Crippen LogP contribution >= 0.6 is 0 Å². The molecular weight excluding hydrogens is 640 g/mol. The van der Waals surface area contributed by atoms with Crippen molar-refractivity contribution in [2.75, 3.05) is 19.6 Å². The normalized spacial score (nSPS) is 10.9. The van der Waals surface area contributed by atoms with Gasteiger partial charge in [0.05, 0.1) is 12.7 Å². The maximum atomic E-state index is 13.2. The number of rotatable bonds is 29. The van der Waals surface area contributed by atoms with Gasteiger partial charge in [-0.15, -0.1) is 0 Å². The molecule has 0 heterocycles. The first kappa shape index (κ1) is 41.4. The number of hydrogen-bond donors (Lipinski definition) is 1. The SMILES string of the molecule is N#CCCCCN(OCc1ccccc1)C(=O)CCCCCCCN(OCc1ccccc1)C(=O)CCCCCCCNOCc1ccccc1. The maximum absolute atomic E-state index is 13.2. The summed E-state index contributed by atoms with van der Waals surface area (Å²) in [6.45, 7) is 3.13. The van der Waals surface area contributed by atoms with E-state index in [0.29, 0.717) is 52.2 Å². The first-order chi connectivity index (χ1) is 25.2. The van der Waals surface area contributed by atoms with Gasteiger partial charge in [-0.3, -0.25) is 24.1 Å². The number of nitrogens with one attached hydrogen (secondary N) is 1. The molecule has 0 aliphatic heterocycles. The number of hydroxylamine groups is 5. The van der Waals surface area contributed by atoms with E-state index in [4.69, 9.17) is 19.8 Å². The molecule has 0 spiro atoms. The van der Waals surface area contributed by atoms with E-state index >= 15 is 0 Å². The zero-order valence-corrected chi connectivity index (χ0v) is 30.4. The van der Waals surface area contributed by atoms with E-state index in [0.717, 1.165) is 100 Å². The number of benzene rings is 3. The molecule has 0 unspecified atom stereocenters. The number of hydrogen-bond acceptors (Lipinski definition) is 7. The first-order valence-corrected chi connectivity index (χ1v) is 18.9. The van der Waals surface area contributed by atoms with E-state index in [1.54, 1.807) is 5.06 Å². The van der Waals surface area contributed by atoms with Crippen LogP contribution in [0.2, 0.25) is 0 Å². The highest BCUT2D eigenvalue weighted by Gasteiger charge is 2.16. The summed E-state index contributed by atoms with van der Waals surface area (Å²) in [7, 11) is 0. The van der Waals surface area contributed by atoms with Gasteiger partial charge < -0.3 is 0 Å². The Labute approximate surface area is 305 Å². The molecule has 51 heavy (non-hydrogen) atoms. The topological polar surface area (TPSA) is 104 Å². The van der Waals surface area contributed by atoms with Gasteiger partial charge in [0, 0.05) is 38.9 Å². The molecule has 3 aromatic rings. The van der Waals surface area contributed by atoms with Crippen LogP contribution in [0.3, 0.4) is 0 Å². The quantitative estimate of drug-likeness (QED) is 0.0570. The van der Waals surface area contributed by atoms with Crippen LogP contribution in [-0.4, -0.2) is 41.6 Å². The van der Waals surface area contributed by atoms with Gasteiger partial charge in [-0.05, 0) is 55.2 Å². The minimum absolute atomic E-state index is 0.0153. The molecule has 0 aliphatic carbocycles. The average molecular weight is 699 g/mol. The van der Waals surface area contributed by atoms with Gasteiger partial charge in [0.15, 0.2) is 0 Å². The molecule has 0 saturated carbocycles. The van der Waals surface area contributed by atoms with Gasteiger partial charge in [-0.25, -0.2) is 15.6 Å². The monoisotopic (exact) mass is 698 g/mol. The summed E-state index contributed by atoms with van der Waals surface area (Å²) in [4.78, 5) is 43.6. The van der Waals surface area contributed by atoms with Crippen molar-refractivity contribution < 1.29 is 24.1 Å². The van der Waals surface area contributed by atoms with E-state index in [-0.39, 0.29) is 11.8 Å². The highest BCUT2D eigenvalue weighted by Crippen LogP contribution is 2.14. The summed E-state index contributed by atoms with van der Waals surface area (Å²) in [6, 6.07) is 32.0. The predicted molar refractivity (Wildman–Crippen MR) is 200 cm³/mol. The fourth-order valence-corrected chi connectivity index (χ4v) is 5.53. The third-order valence-electron chi connectivity index (χ3n) is 8.52. The Morgan fingerprint density at radius 1 is 0.529 bits per heavy atom. The molecule has 3 rings (SSSR count). The van der Waals surface area contributed by atoms with Crippen LogP contribution in [0.25, 0.3) is 0 Å². The Bertz CT molecular complexity index is 1350. The Morgan fingerprint density at radius 2 is 0.941 bits per heavy atom. The van der Waals surface area contributed by atoms with E-state index in [2.05, 4.69) is 11.5 Å². The molecule has 0 aromatic heterocycles. The second-order valence-electron chi connectivity index (χ2n) is 12.8. The summed E-state index contributed by atoms with van der Waals surface area (Å²) in [5.41, 5.74) is 6.24. The summed E-state index contributed by atoms with van der Waals surface area (Å²) in [5.74, 6) is 0.0244. The predicted octanol–water partition coefficient (Wildman–Crippen LogP) is 9.00.